The van der Waals surface area contributed by atoms with Crippen molar-refractivity contribution in [2.45, 2.75) is 335 Å². The van der Waals surface area contributed by atoms with Crippen LogP contribution in [-0.2, 0) is 28.6 Å². The highest BCUT2D eigenvalue weighted by Gasteiger charge is 2.19. The maximum absolute atomic E-state index is 12.7. The van der Waals surface area contributed by atoms with Crippen LogP contribution in [0.15, 0.2) is 12.2 Å². The van der Waals surface area contributed by atoms with Gasteiger partial charge in [0.05, 0.1) is 0 Å². The standard InChI is InChI=1S/C59H112O6/c1-4-7-10-13-16-18-20-21-22-23-24-25-26-27-28-29-30-31-32-33-34-35-36-37-38-39-40-42-43-46-49-52-58(61)64-55-56(54-63-57(60)51-48-45-15-12-9-6-3)65-59(62)53-50-47-44-41-19-17-14-11-8-5-2/h11,14,56H,4-10,12-13,15-55H2,1-3H3/b14-11-. The Labute approximate surface area is 405 Å². The highest BCUT2D eigenvalue weighted by atomic mass is 16.6. The van der Waals surface area contributed by atoms with E-state index >= 15 is 0 Å². The second-order valence-corrected chi connectivity index (χ2v) is 19.9. The van der Waals surface area contributed by atoms with Gasteiger partial charge in [0, 0.05) is 19.3 Å². The number of unbranched alkanes of at least 4 members (excludes halogenated alkanes) is 41. The van der Waals surface area contributed by atoms with Crippen molar-refractivity contribution in [1.82, 2.24) is 0 Å². The van der Waals surface area contributed by atoms with Gasteiger partial charge in [0.1, 0.15) is 13.2 Å². The van der Waals surface area contributed by atoms with Crippen LogP contribution >= 0.6 is 0 Å². The van der Waals surface area contributed by atoms with Gasteiger partial charge in [-0.05, 0) is 38.5 Å². The molecule has 0 radical (unpaired) electrons. The lowest BCUT2D eigenvalue weighted by atomic mass is 10.0. The largest absolute Gasteiger partial charge is 0.462 e. The molecule has 0 saturated heterocycles. The molecule has 6 heteroatoms. The Hall–Kier alpha value is -1.85. The number of rotatable bonds is 54. The Balaban J connectivity index is 3.84. The maximum Gasteiger partial charge on any atom is 0.306 e. The van der Waals surface area contributed by atoms with Crippen molar-refractivity contribution < 1.29 is 28.6 Å². The molecule has 384 valence electrons. The summed E-state index contributed by atoms with van der Waals surface area (Å²) >= 11 is 0. The molecule has 0 spiro atoms. The molecular weight excluding hydrogens is 805 g/mol. The van der Waals surface area contributed by atoms with Gasteiger partial charge >= 0.3 is 17.9 Å². The van der Waals surface area contributed by atoms with Crippen LogP contribution < -0.4 is 0 Å². The minimum Gasteiger partial charge on any atom is -0.462 e. The Morgan fingerprint density at radius 1 is 0.292 bits per heavy atom. The average molecular weight is 918 g/mol. The number of hydrogen-bond acceptors (Lipinski definition) is 6. The van der Waals surface area contributed by atoms with E-state index in [-0.39, 0.29) is 31.1 Å². The van der Waals surface area contributed by atoms with Gasteiger partial charge < -0.3 is 14.2 Å². The Bertz CT molecular complexity index is 1010. The minimum absolute atomic E-state index is 0.0694. The van der Waals surface area contributed by atoms with Crippen molar-refractivity contribution in [3.05, 3.63) is 12.2 Å². The molecule has 0 fully saturated rings. The molecule has 65 heavy (non-hydrogen) atoms. The summed E-state index contributed by atoms with van der Waals surface area (Å²) in [6, 6.07) is 0. The van der Waals surface area contributed by atoms with Crippen LogP contribution in [0.5, 0.6) is 0 Å². The van der Waals surface area contributed by atoms with Crippen molar-refractivity contribution in [2.75, 3.05) is 13.2 Å². The van der Waals surface area contributed by atoms with Crippen molar-refractivity contribution in [2.24, 2.45) is 0 Å². The van der Waals surface area contributed by atoms with E-state index in [1.54, 1.807) is 0 Å². The number of ether oxygens (including phenoxy) is 3. The zero-order valence-electron chi connectivity index (χ0n) is 44.0. The summed E-state index contributed by atoms with van der Waals surface area (Å²) in [6.45, 7) is 6.55. The van der Waals surface area contributed by atoms with Crippen molar-refractivity contribution >= 4 is 17.9 Å². The van der Waals surface area contributed by atoms with E-state index in [0.717, 1.165) is 70.6 Å². The van der Waals surface area contributed by atoms with Gasteiger partial charge in [-0.3, -0.25) is 14.4 Å². The predicted molar refractivity (Wildman–Crippen MR) is 280 cm³/mol. The third-order valence-corrected chi connectivity index (χ3v) is 13.3. The number of carbonyl (C=O) groups excluding carboxylic acids is 3. The summed E-state index contributed by atoms with van der Waals surface area (Å²) in [6.07, 6.45) is 62.8. The first-order chi connectivity index (χ1) is 32.0. The molecule has 1 atom stereocenters. The van der Waals surface area contributed by atoms with E-state index in [9.17, 15) is 14.4 Å². The van der Waals surface area contributed by atoms with Gasteiger partial charge in [-0.2, -0.15) is 0 Å². The van der Waals surface area contributed by atoms with Crippen LogP contribution in [0.2, 0.25) is 0 Å². The number of esters is 3. The Morgan fingerprint density at radius 3 is 0.831 bits per heavy atom. The number of hydrogen-bond donors (Lipinski definition) is 0. The Morgan fingerprint density at radius 2 is 0.538 bits per heavy atom. The summed E-state index contributed by atoms with van der Waals surface area (Å²) in [4.78, 5) is 37.7. The van der Waals surface area contributed by atoms with Crippen molar-refractivity contribution in [3.63, 3.8) is 0 Å². The van der Waals surface area contributed by atoms with Crippen LogP contribution in [0.25, 0.3) is 0 Å². The van der Waals surface area contributed by atoms with Crippen LogP contribution in [0.3, 0.4) is 0 Å². The van der Waals surface area contributed by atoms with Gasteiger partial charge in [-0.15, -0.1) is 0 Å². The molecule has 0 heterocycles. The molecule has 0 N–H and O–H groups in total. The zero-order valence-corrected chi connectivity index (χ0v) is 44.0. The SMILES string of the molecule is CCC/C=C\CCCCCCCC(=O)OC(COC(=O)CCCCCCCC)COC(=O)CCCCCCCCCCCCCCCCCCCCCCCCCCCCCCCCC. The number of carbonyl (C=O) groups is 3. The molecule has 6 nitrogen and oxygen atoms in total. The lowest BCUT2D eigenvalue weighted by Crippen LogP contribution is -2.30. The smallest absolute Gasteiger partial charge is 0.306 e. The summed E-state index contributed by atoms with van der Waals surface area (Å²) in [5.74, 6) is -0.875. The first-order valence-corrected chi connectivity index (χ1v) is 29.2. The van der Waals surface area contributed by atoms with Crippen LogP contribution in [0.1, 0.15) is 329 Å². The molecule has 1 unspecified atom stereocenters. The summed E-state index contributed by atoms with van der Waals surface area (Å²) in [7, 11) is 0. The summed E-state index contributed by atoms with van der Waals surface area (Å²) in [5, 5.41) is 0. The normalized spacial score (nSPS) is 12.0. The maximum atomic E-state index is 12.7. The van der Waals surface area contributed by atoms with E-state index in [2.05, 4.69) is 32.9 Å². The zero-order chi connectivity index (χ0) is 47.2. The first-order valence-electron chi connectivity index (χ1n) is 29.2. The molecule has 0 saturated carbocycles. The van der Waals surface area contributed by atoms with Gasteiger partial charge in [-0.1, -0.05) is 283 Å². The van der Waals surface area contributed by atoms with E-state index in [1.165, 1.54) is 218 Å². The fraction of sp³-hybridized carbons (Fsp3) is 0.915. The van der Waals surface area contributed by atoms with Crippen LogP contribution in [-0.4, -0.2) is 37.2 Å². The van der Waals surface area contributed by atoms with E-state index in [0.29, 0.717) is 19.3 Å². The van der Waals surface area contributed by atoms with E-state index in [1.807, 2.05) is 0 Å². The van der Waals surface area contributed by atoms with Gasteiger partial charge in [0.25, 0.3) is 0 Å². The molecule has 0 amide bonds. The molecule has 0 aromatic rings. The van der Waals surface area contributed by atoms with Gasteiger partial charge in [0.15, 0.2) is 6.10 Å². The molecule has 0 rings (SSSR count). The first kappa shape index (κ1) is 63.1. The van der Waals surface area contributed by atoms with Gasteiger partial charge in [-0.25, -0.2) is 0 Å². The average Bonchev–Trinajstić information content (AvgIpc) is 3.30. The van der Waals surface area contributed by atoms with E-state index in [4.69, 9.17) is 14.2 Å². The Kier molecular flexibility index (Phi) is 53.2. The van der Waals surface area contributed by atoms with E-state index < -0.39 is 6.10 Å². The molecule has 0 bridgehead atoms. The molecule has 0 aliphatic rings. The highest BCUT2D eigenvalue weighted by molar-refractivity contribution is 5.71. The third-order valence-electron chi connectivity index (χ3n) is 13.3. The second kappa shape index (κ2) is 54.8. The minimum atomic E-state index is -0.766. The fourth-order valence-electron chi connectivity index (χ4n) is 8.86. The van der Waals surface area contributed by atoms with Crippen LogP contribution in [0.4, 0.5) is 0 Å². The monoisotopic (exact) mass is 917 g/mol. The highest BCUT2D eigenvalue weighted by Crippen LogP contribution is 2.18. The molecular formula is C59H112O6. The predicted octanol–water partition coefficient (Wildman–Crippen LogP) is 19.3. The topological polar surface area (TPSA) is 78.9 Å². The van der Waals surface area contributed by atoms with Crippen molar-refractivity contribution in [1.29, 1.82) is 0 Å². The van der Waals surface area contributed by atoms with Gasteiger partial charge in [0.2, 0.25) is 0 Å². The lowest BCUT2D eigenvalue weighted by molar-refractivity contribution is -0.167. The molecule has 0 aliphatic carbocycles. The number of allylic oxidation sites excluding steroid dienone is 2. The summed E-state index contributed by atoms with van der Waals surface area (Å²) < 4.78 is 16.7. The fourth-order valence-corrected chi connectivity index (χ4v) is 8.86. The quantitative estimate of drug-likeness (QED) is 0.0262. The summed E-state index contributed by atoms with van der Waals surface area (Å²) in [5.41, 5.74) is 0. The van der Waals surface area contributed by atoms with Crippen LogP contribution in [0, 0.1) is 0 Å². The molecule has 0 aromatic carbocycles. The molecule has 0 aromatic heterocycles. The third kappa shape index (κ3) is 53.0. The van der Waals surface area contributed by atoms with Crippen molar-refractivity contribution in [3.8, 4) is 0 Å². The molecule has 0 aliphatic heterocycles. The lowest BCUT2D eigenvalue weighted by Gasteiger charge is -2.18. The second-order valence-electron chi connectivity index (χ2n) is 19.9.